The number of likely N-dealkylation sites (tertiary alicyclic amines) is 1. The molecule has 1 aliphatic heterocycles. The first-order chi connectivity index (χ1) is 14.2. The van der Waals surface area contributed by atoms with Crippen molar-refractivity contribution in [1.29, 1.82) is 0 Å². The summed E-state index contributed by atoms with van der Waals surface area (Å²) in [5, 5.41) is 4.92. The average Bonchev–Trinajstić information content (AvgIpc) is 2.79. The number of carbonyl (C=O) groups excluding carboxylic acids is 2. The van der Waals surface area contributed by atoms with E-state index in [1.807, 2.05) is 71.6 Å². The van der Waals surface area contributed by atoms with Crippen molar-refractivity contribution in [1.82, 2.24) is 10.2 Å². The smallest absolute Gasteiger partial charge is 0.254 e. The lowest BCUT2D eigenvalue weighted by atomic mass is 10.00. The van der Waals surface area contributed by atoms with E-state index in [0.29, 0.717) is 24.2 Å². The van der Waals surface area contributed by atoms with Gasteiger partial charge >= 0.3 is 0 Å². The van der Waals surface area contributed by atoms with E-state index in [2.05, 4.69) is 5.32 Å². The number of fused-ring (bicyclic) bond motifs is 1. The number of benzene rings is 3. The molecule has 1 fully saturated rings. The summed E-state index contributed by atoms with van der Waals surface area (Å²) in [5.74, 6) is 0.729. The van der Waals surface area contributed by atoms with Crippen molar-refractivity contribution in [3.8, 4) is 5.75 Å². The van der Waals surface area contributed by atoms with Gasteiger partial charge in [-0.1, -0.05) is 42.5 Å². The highest BCUT2D eigenvalue weighted by molar-refractivity contribution is 6.08. The third-order valence-corrected chi connectivity index (χ3v) is 5.49. The van der Waals surface area contributed by atoms with Crippen molar-refractivity contribution in [3.05, 3.63) is 77.9 Å². The molecule has 1 N–H and O–H groups in total. The Labute approximate surface area is 170 Å². The highest BCUT2D eigenvalue weighted by atomic mass is 16.5. The van der Waals surface area contributed by atoms with E-state index in [4.69, 9.17) is 4.74 Å². The Hall–Kier alpha value is -3.34. The van der Waals surface area contributed by atoms with Gasteiger partial charge in [-0.25, -0.2) is 0 Å². The summed E-state index contributed by atoms with van der Waals surface area (Å²) < 4.78 is 5.43. The maximum Gasteiger partial charge on any atom is 0.254 e. The number of nitrogens with one attached hydrogen (secondary N) is 1. The van der Waals surface area contributed by atoms with Gasteiger partial charge in [0.15, 0.2) is 0 Å². The Balaban J connectivity index is 1.43. The second-order valence-corrected chi connectivity index (χ2v) is 7.27. The molecule has 2 amide bonds. The molecule has 0 spiro atoms. The van der Waals surface area contributed by atoms with E-state index in [1.165, 1.54) is 0 Å². The first kappa shape index (κ1) is 19.0. The minimum atomic E-state index is -0.0588. The molecule has 0 unspecified atom stereocenters. The number of carbonyl (C=O) groups is 2. The van der Waals surface area contributed by atoms with Crippen LogP contribution in [0.2, 0.25) is 0 Å². The third kappa shape index (κ3) is 3.94. The molecule has 148 valence electrons. The third-order valence-electron chi connectivity index (χ3n) is 5.49. The van der Waals surface area contributed by atoms with Crippen molar-refractivity contribution >= 4 is 22.6 Å². The van der Waals surface area contributed by atoms with Gasteiger partial charge in [-0.3, -0.25) is 9.59 Å². The Morgan fingerprint density at radius 3 is 2.24 bits per heavy atom. The van der Waals surface area contributed by atoms with Gasteiger partial charge < -0.3 is 15.0 Å². The molecule has 3 aromatic rings. The SMILES string of the molecule is COc1ccc(C(=O)N2CCC(NC(=O)c3ccccc3)CC2)c2ccccc12. The minimum absolute atomic E-state index is 0.0247. The van der Waals surface area contributed by atoms with Crippen LogP contribution in [0.1, 0.15) is 33.6 Å². The molecular weight excluding hydrogens is 364 g/mol. The largest absolute Gasteiger partial charge is 0.496 e. The van der Waals surface area contributed by atoms with Crippen LogP contribution < -0.4 is 10.1 Å². The van der Waals surface area contributed by atoms with Crippen LogP contribution in [0.25, 0.3) is 10.8 Å². The fraction of sp³-hybridized carbons (Fsp3) is 0.250. The van der Waals surface area contributed by atoms with Gasteiger partial charge in [0.25, 0.3) is 11.8 Å². The van der Waals surface area contributed by atoms with Gasteiger partial charge in [0.1, 0.15) is 5.75 Å². The molecule has 1 saturated heterocycles. The van der Waals surface area contributed by atoms with Crippen LogP contribution in [0.15, 0.2) is 66.7 Å². The number of hydrogen-bond donors (Lipinski definition) is 1. The number of piperidine rings is 1. The van der Waals surface area contributed by atoms with E-state index in [9.17, 15) is 9.59 Å². The fourth-order valence-corrected chi connectivity index (χ4v) is 3.89. The second kappa shape index (κ2) is 8.35. The van der Waals surface area contributed by atoms with Crippen molar-refractivity contribution in [2.45, 2.75) is 18.9 Å². The number of ether oxygens (including phenoxy) is 1. The van der Waals surface area contributed by atoms with Crippen LogP contribution in [0, 0.1) is 0 Å². The van der Waals surface area contributed by atoms with Gasteiger partial charge in [0.05, 0.1) is 7.11 Å². The van der Waals surface area contributed by atoms with Crippen LogP contribution in [0.4, 0.5) is 0 Å². The summed E-state index contributed by atoms with van der Waals surface area (Å²) in [5.41, 5.74) is 1.35. The van der Waals surface area contributed by atoms with Gasteiger partial charge in [-0.05, 0) is 42.5 Å². The Bertz CT molecular complexity index is 1020. The first-order valence-corrected chi connectivity index (χ1v) is 9.88. The van der Waals surface area contributed by atoms with Crippen molar-refractivity contribution in [2.75, 3.05) is 20.2 Å². The monoisotopic (exact) mass is 388 g/mol. The van der Waals surface area contributed by atoms with Crippen LogP contribution >= 0.6 is 0 Å². The lowest BCUT2D eigenvalue weighted by molar-refractivity contribution is 0.0700. The Morgan fingerprint density at radius 2 is 1.55 bits per heavy atom. The van der Waals surface area contributed by atoms with Gasteiger partial charge in [0, 0.05) is 35.6 Å². The summed E-state index contributed by atoms with van der Waals surface area (Å²) in [6.07, 6.45) is 1.50. The number of hydrogen-bond acceptors (Lipinski definition) is 3. The molecule has 0 saturated carbocycles. The van der Waals surface area contributed by atoms with E-state index in [0.717, 1.165) is 29.4 Å². The molecule has 0 aromatic heterocycles. The molecule has 0 atom stereocenters. The Morgan fingerprint density at radius 1 is 0.897 bits per heavy atom. The average molecular weight is 388 g/mol. The van der Waals surface area contributed by atoms with Crippen molar-refractivity contribution in [3.63, 3.8) is 0 Å². The highest BCUT2D eigenvalue weighted by Gasteiger charge is 2.26. The molecule has 4 rings (SSSR count). The Kier molecular flexibility index (Phi) is 5.47. The highest BCUT2D eigenvalue weighted by Crippen LogP contribution is 2.29. The zero-order chi connectivity index (χ0) is 20.2. The van der Waals surface area contributed by atoms with Gasteiger partial charge in [-0.2, -0.15) is 0 Å². The predicted molar refractivity (Wildman–Crippen MR) is 113 cm³/mol. The van der Waals surface area contributed by atoms with E-state index in [1.54, 1.807) is 7.11 Å². The molecule has 5 heteroatoms. The quantitative estimate of drug-likeness (QED) is 0.738. The molecule has 0 radical (unpaired) electrons. The normalized spacial score (nSPS) is 14.6. The van der Waals surface area contributed by atoms with E-state index >= 15 is 0 Å². The molecule has 1 heterocycles. The molecule has 29 heavy (non-hydrogen) atoms. The lowest BCUT2D eigenvalue weighted by Crippen LogP contribution is -2.46. The minimum Gasteiger partial charge on any atom is -0.496 e. The maximum absolute atomic E-state index is 13.2. The number of nitrogens with zero attached hydrogens (tertiary/aromatic N) is 1. The van der Waals surface area contributed by atoms with Crippen LogP contribution in [0.5, 0.6) is 5.75 Å². The molecule has 5 nitrogen and oxygen atoms in total. The lowest BCUT2D eigenvalue weighted by Gasteiger charge is -2.32. The van der Waals surface area contributed by atoms with Crippen LogP contribution in [-0.2, 0) is 0 Å². The van der Waals surface area contributed by atoms with Crippen LogP contribution in [0.3, 0.4) is 0 Å². The number of methoxy groups -OCH3 is 1. The van der Waals surface area contributed by atoms with Gasteiger partial charge in [-0.15, -0.1) is 0 Å². The van der Waals surface area contributed by atoms with Crippen molar-refractivity contribution in [2.24, 2.45) is 0 Å². The number of rotatable bonds is 4. The zero-order valence-corrected chi connectivity index (χ0v) is 16.4. The molecule has 0 bridgehead atoms. The molecule has 1 aliphatic rings. The number of amides is 2. The summed E-state index contributed by atoms with van der Waals surface area (Å²) in [6, 6.07) is 20.8. The molecular formula is C24H24N2O3. The maximum atomic E-state index is 13.2. The van der Waals surface area contributed by atoms with E-state index in [-0.39, 0.29) is 17.9 Å². The summed E-state index contributed by atoms with van der Waals surface area (Å²) in [4.78, 5) is 27.4. The molecule has 3 aromatic carbocycles. The summed E-state index contributed by atoms with van der Waals surface area (Å²) in [6.45, 7) is 1.25. The summed E-state index contributed by atoms with van der Waals surface area (Å²) >= 11 is 0. The van der Waals surface area contributed by atoms with Gasteiger partial charge in [0.2, 0.25) is 0 Å². The topological polar surface area (TPSA) is 58.6 Å². The van der Waals surface area contributed by atoms with Crippen LogP contribution in [-0.4, -0.2) is 43.0 Å². The second-order valence-electron chi connectivity index (χ2n) is 7.27. The fourth-order valence-electron chi connectivity index (χ4n) is 3.89. The van der Waals surface area contributed by atoms with Crippen molar-refractivity contribution < 1.29 is 14.3 Å². The summed E-state index contributed by atoms with van der Waals surface area (Å²) in [7, 11) is 1.64. The zero-order valence-electron chi connectivity index (χ0n) is 16.4. The molecule has 0 aliphatic carbocycles. The van der Waals surface area contributed by atoms with E-state index < -0.39 is 0 Å². The standard InChI is InChI=1S/C24H24N2O3/c1-29-22-12-11-21(19-9-5-6-10-20(19)22)24(28)26-15-13-18(14-16-26)25-23(27)17-7-3-2-4-8-17/h2-12,18H,13-16H2,1H3,(H,25,27). The first-order valence-electron chi connectivity index (χ1n) is 9.88. The predicted octanol–water partition coefficient (Wildman–Crippen LogP) is 3.88.